The second-order valence-corrected chi connectivity index (χ2v) is 9.31. The Morgan fingerprint density at radius 3 is 2.45 bits per heavy atom. The van der Waals surface area contributed by atoms with Crippen LogP contribution in [-0.4, -0.2) is 56.2 Å². The first-order valence-corrected chi connectivity index (χ1v) is 12.2. The Balaban J connectivity index is 1.21. The highest BCUT2D eigenvalue weighted by molar-refractivity contribution is 6.02. The minimum Gasteiger partial charge on any atom is -0.486 e. The molecule has 2 amide bonds. The van der Waals surface area contributed by atoms with E-state index in [2.05, 4.69) is 15.5 Å². The highest BCUT2D eigenvalue weighted by Crippen LogP contribution is 2.32. The molecule has 4 heterocycles. The number of hydrogen-bond donors (Lipinski definition) is 2. The number of ether oxygens (including phenoxy) is 2. The summed E-state index contributed by atoms with van der Waals surface area (Å²) in [5, 5.41) is 11.1. The van der Waals surface area contributed by atoms with Crippen LogP contribution in [0, 0.1) is 0 Å². The minimum atomic E-state index is -4.59. The fraction of sp³-hybridized carbons (Fsp3) is 0.360. The summed E-state index contributed by atoms with van der Waals surface area (Å²) in [6.07, 6.45) is -2.07. The van der Waals surface area contributed by atoms with Crippen LogP contribution in [0.4, 0.5) is 22.0 Å². The van der Waals surface area contributed by atoms with Crippen molar-refractivity contribution in [1.29, 1.82) is 0 Å². The molecule has 0 atom stereocenters. The van der Waals surface area contributed by atoms with E-state index in [0.717, 1.165) is 22.8 Å². The second kappa shape index (κ2) is 10.6. The lowest BCUT2D eigenvalue weighted by atomic mass is 9.92. The first-order valence-electron chi connectivity index (χ1n) is 12.2. The summed E-state index contributed by atoms with van der Waals surface area (Å²) < 4.78 is 77.2. The molecule has 0 spiro atoms. The van der Waals surface area contributed by atoms with Crippen LogP contribution in [0.15, 0.2) is 42.9 Å². The Morgan fingerprint density at radius 2 is 1.77 bits per heavy atom. The van der Waals surface area contributed by atoms with Crippen LogP contribution >= 0.6 is 0 Å². The average molecular weight is 566 g/mol. The molecule has 0 radical (unpaired) electrons. The maximum atomic E-state index is 13.1. The van der Waals surface area contributed by atoms with Gasteiger partial charge in [0.15, 0.2) is 0 Å². The predicted molar refractivity (Wildman–Crippen MR) is 130 cm³/mol. The van der Waals surface area contributed by atoms with Gasteiger partial charge in [0.25, 0.3) is 18.2 Å². The zero-order chi connectivity index (χ0) is 28.6. The number of alkyl halides is 5. The third-order valence-electron chi connectivity index (χ3n) is 6.57. The number of nitrogens with two attached hydrogens (primary N) is 1. The first-order chi connectivity index (χ1) is 19.0. The molecular weight excluding hydrogens is 543 g/mol. The molecule has 212 valence electrons. The van der Waals surface area contributed by atoms with Crippen LogP contribution < -0.4 is 20.5 Å². The first kappa shape index (κ1) is 27.1. The number of pyridine rings is 2. The molecule has 15 heteroatoms. The van der Waals surface area contributed by atoms with Gasteiger partial charge >= 0.3 is 6.18 Å². The van der Waals surface area contributed by atoms with Crippen LogP contribution in [0.5, 0.6) is 11.6 Å². The molecule has 0 bridgehead atoms. The van der Waals surface area contributed by atoms with Crippen molar-refractivity contribution in [3.8, 4) is 11.6 Å². The summed E-state index contributed by atoms with van der Waals surface area (Å²) in [7, 11) is 0. The smallest absolute Gasteiger partial charge is 0.417 e. The molecule has 4 aromatic rings. The topological polar surface area (TPSA) is 125 Å². The third kappa shape index (κ3) is 5.62. The number of aromatic nitrogens is 4. The van der Waals surface area contributed by atoms with Crippen molar-refractivity contribution in [2.75, 3.05) is 6.61 Å². The van der Waals surface area contributed by atoms with Crippen molar-refractivity contribution in [1.82, 2.24) is 24.5 Å². The maximum Gasteiger partial charge on any atom is 0.417 e. The summed E-state index contributed by atoms with van der Waals surface area (Å²) in [6, 6.07) is 4.79. The van der Waals surface area contributed by atoms with Gasteiger partial charge in [-0.15, -0.1) is 5.10 Å². The number of fused-ring (bicyclic) bond motifs is 2. The SMILES string of the molecule is NC(=O)c1c(O[C@H]2CC[C@H](NC(=O)c3cnn4cc(OCC(F)F)ccc34)CC2)nn2cc(C(F)(F)F)ccc12. The highest BCUT2D eigenvalue weighted by Gasteiger charge is 2.33. The molecule has 40 heavy (non-hydrogen) atoms. The van der Waals surface area contributed by atoms with Gasteiger partial charge in [-0.1, -0.05) is 0 Å². The van der Waals surface area contributed by atoms with Gasteiger partial charge in [-0.2, -0.15) is 18.3 Å². The number of carbonyl (C=O) groups is 2. The lowest BCUT2D eigenvalue weighted by Crippen LogP contribution is -2.39. The largest absolute Gasteiger partial charge is 0.486 e. The van der Waals surface area contributed by atoms with Gasteiger partial charge < -0.3 is 20.5 Å². The molecule has 3 N–H and O–H groups in total. The summed E-state index contributed by atoms with van der Waals surface area (Å²) in [5.41, 5.74) is 5.28. The number of rotatable bonds is 8. The number of amides is 2. The number of nitrogens with zero attached hydrogens (tertiary/aromatic N) is 4. The van der Waals surface area contributed by atoms with Crippen molar-refractivity contribution in [3.05, 3.63) is 59.5 Å². The molecule has 0 aliphatic heterocycles. The molecule has 0 aromatic carbocycles. The van der Waals surface area contributed by atoms with Crippen molar-refractivity contribution < 1.29 is 41.0 Å². The van der Waals surface area contributed by atoms with E-state index in [4.69, 9.17) is 15.2 Å². The van der Waals surface area contributed by atoms with Crippen LogP contribution in [-0.2, 0) is 6.18 Å². The summed E-state index contributed by atoms with van der Waals surface area (Å²) >= 11 is 0. The van der Waals surface area contributed by atoms with Crippen LogP contribution in [0.1, 0.15) is 52.0 Å². The van der Waals surface area contributed by atoms with Gasteiger partial charge in [0.1, 0.15) is 24.0 Å². The standard InChI is InChI=1S/C25H23F5N6O4/c26-20(27)12-39-16-6-8-18-17(9-32-35(18)11-16)23(38)33-14-2-4-15(5-3-14)40-24-21(22(31)37)19-7-1-13(25(28,29)30)10-36(19)34-24/h1,6-11,14-15,20H,2-5,12H2,(H2,31,37)(H,33,38)/t14-,15-. The van der Waals surface area contributed by atoms with E-state index in [-0.39, 0.29) is 34.7 Å². The Labute approximate surface area is 222 Å². The molecule has 0 saturated heterocycles. The quantitative estimate of drug-likeness (QED) is 0.312. The molecule has 10 nitrogen and oxygen atoms in total. The molecule has 4 aromatic heterocycles. The molecule has 5 rings (SSSR count). The zero-order valence-electron chi connectivity index (χ0n) is 20.7. The number of nitrogens with one attached hydrogen (secondary N) is 1. The molecular formula is C25H23F5N6O4. The third-order valence-corrected chi connectivity index (χ3v) is 6.57. The van der Waals surface area contributed by atoms with Crippen molar-refractivity contribution in [2.24, 2.45) is 5.73 Å². The Bertz CT molecular complexity index is 1560. The molecule has 1 fully saturated rings. The fourth-order valence-corrected chi connectivity index (χ4v) is 4.64. The number of halogens is 5. The maximum absolute atomic E-state index is 13.1. The van der Waals surface area contributed by atoms with Gasteiger partial charge in [0.05, 0.1) is 34.6 Å². The van der Waals surface area contributed by atoms with E-state index in [0.29, 0.717) is 36.8 Å². The van der Waals surface area contributed by atoms with Crippen LogP contribution in [0.2, 0.25) is 0 Å². The van der Waals surface area contributed by atoms with E-state index in [1.54, 1.807) is 6.07 Å². The number of primary amides is 1. The minimum absolute atomic E-state index is 0.0950. The highest BCUT2D eigenvalue weighted by atomic mass is 19.4. The Kier molecular flexibility index (Phi) is 7.21. The van der Waals surface area contributed by atoms with E-state index in [9.17, 15) is 31.5 Å². The van der Waals surface area contributed by atoms with Gasteiger partial charge in [-0.3, -0.25) is 9.59 Å². The van der Waals surface area contributed by atoms with Gasteiger partial charge in [-0.05, 0) is 49.9 Å². The molecule has 1 saturated carbocycles. The van der Waals surface area contributed by atoms with Crippen molar-refractivity contribution >= 4 is 22.8 Å². The summed E-state index contributed by atoms with van der Waals surface area (Å²) in [5.74, 6) is -1.21. The fourth-order valence-electron chi connectivity index (χ4n) is 4.64. The predicted octanol–water partition coefficient (Wildman–Crippen LogP) is 3.86. The van der Waals surface area contributed by atoms with E-state index < -0.39 is 36.8 Å². The molecule has 1 aliphatic rings. The normalized spacial score (nSPS) is 17.9. The lowest BCUT2D eigenvalue weighted by molar-refractivity contribution is -0.137. The average Bonchev–Trinajstić information content (AvgIpc) is 3.48. The zero-order valence-corrected chi connectivity index (χ0v) is 20.7. The van der Waals surface area contributed by atoms with Crippen LogP contribution in [0.3, 0.4) is 0 Å². The van der Waals surface area contributed by atoms with Crippen LogP contribution in [0.25, 0.3) is 11.0 Å². The van der Waals surface area contributed by atoms with Gasteiger partial charge in [0, 0.05) is 12.2 Å². The Morgan fingerprint density at radius 1 is 1.05 bits per heavy atom. The van der Waals surface area contributed by atoms with Crippen molar-refractivity contribution in [2.45, 2.75) is 50.4 Å². The van der Waals surface area contributed by atoms with E-state index >= 15 is 0 Å². The second-order valence-electron chi connectivity index (χ2n) is 9.31. The van der Waals surface area contributed by atoms with E-state index in [1.165, 1.54) is 23.0 Å². The Hall–Kier alpha value is -4.43. The van der Waals surface area contributed by atoms with Crippen molar-refractivity contribution in [3.63, 3.8) is 0 Å². The van der Waals surface area contributed by atoms with Gasteiger partial charge in [-0.25, -0.2) is 17.8 Å². The number of carbonyl (C=O) groups excluding carboxylic acids is 2. The monoisotopic (exact) mass is 566 g/mol. The molecule has 0 unspecified atom stereocenters. The summed E-state index contributed by atoms with van der Waals surface area (Å²) in [4.78, 5) is 25.0. The lowest BCUT2D eigenvalue weighted by Gasteiger charge is -2.29. The summed E-state index contributed by atoms with van der Waals surface area (Å²) in [6.45, 7) is -0.757. The number of hydrogen-bond acceptors (Lipinski definition) is 6. The van der Waals surface area contributed by atoms with E-state index in [1.807, 2.05) is 0 Å². The van der Waals surface area contributed by atoms with Gasteiger partial charge in [0.2, 0.25) is 5.88 Å². The molecule has 1 aliphatic carbocycles.